The van der Waals surface area contributed by atoms with Crippen molar-refractivity contribution in [2.24, 2.45) is 17.8 Å². The van der Waals surface area contributed by atoms with E-state index >= 15 is 0 Å². The van der Waals surface area contributed by atoms with Crippen LogP contribution < -0.4 is 0 Å². The van der Waals surface area contributed by atoms with E-state index in [1.165, 1.54) is 38.5 Å². The standard InChI is InChI=1S/C12H24/c1-4-10(3)8-12-7-6-11(5-2)9-12/h10-12H,4-9H2,1-3H3. The van der Waals surface area contributed by atoms with E-state index in [-0.39, 0.29) is 0 Å². The molecule has 0 nitrogen and oxygen atoms in total. The van der Waals surface area contributed by atoms with Gasteiger partial charge in [-0.25, -0.2) is 0 Å². The van der Waals surface area contributed by atoms with Gasteiger partial charge in [0.05, 0.1) is 0 Å². The van der Waals surface area contributed by atoms with Gasteiger partial charge in [-0.2, -0.15) is 0 Å². The van der Waals surface area contributed by atoms with Crippen molar-refractivity contribution in [3.63, 3.8) is 0 Å². The molecule has 0 amide bonds. The lowest BCUT2D eigenvalue weighted by Gasteiger charge is -2.14. The minimum absolute atomic E-state index is 0.964. The molecule has 1 fully saturated rings. The van der Waals surface area contributed by atoms with Gasteiger partial charge in [0.15, 0.2) is 0 Å². The second-order valence-electron chi connectivity index (χ2n) is 4.70. The van der Waals surface area contributed by atoms with Crippen LogP contribution in [0, 0.1) is 17.8 Å². The summed E-state index contributed by atoms with van der Waals surface area (Å²) in [6, 6.07) is 0. The Morgan fingerprint density at radius 1 is 1.17 bits per heavy atom. The molecule has 0 heterocycles. The number of hydrogen-bond donors (Lipinski definition) is 0. The molecular formula is C12H24. The fourth-order valence-electron chi connectivity index (χ4n) is 2.50. The molecule has 72 valence electrons. The Morgan fingerprint density at radius 3 is 2.33 bits per heavy atom. The van der Waals surface area contributed by atoms with Gasteiger partial charge in [0.25, 0.3) is 0 Å². The molecule has 0 N–H and O–H groups in total. The highest BCUT2D eigenvalue weighted by Crippen LogP contribution is 2.36. The Morgan fingerprint density at radius 2 is 1.83 bits per heavy atom. The van der Waals surface area contributed by atoms with Gasteiger partial charge in [0, 0.05) is 0 Å². The second-order valence-corrected chi connectivity index (χ2v) is 4.70. The average Bonchev–Trinajstić information content (AvgIpc) is 2.52. The molecule has 1 saturated carbocycles. The molecular weight excluding hydrogens is 144 g/mol. The van der Waals surface area contributed by atoms with Crippen LogP contribution in [-0.4, -0.2) is 0 Å². The fourth-order valence-corrected chi connectivity index (χ4v) is 2.50. The van der Waals surface area contributed by atoms with Crippen molar-refractivity contribution in [2.75, 3.05) is 0 Å². The topological polar surface area (TPSA) is 0 Å². The highest BCUT2D eigenvalue weighted by Gasteiger charge is 2.23. The van der Waals surface area contributed by atoms with Crippen LogP contribution in [0.2, 0.25) is 0 Å². The molecule has 0 heteroatoms. The molecule has 1 aliphatic rings. The zero-order valence-electron chi connectivity index (χ0n) is 8.97. The van der Waals surface area contributed by atoms with E-state index in [9.17, 15) is 0 Å². The third-order valence-electron chi connectivity index (χ3n) is 3.66. The van der Waals surface area contributed by atoms with Gasteiger partial charge in [-0.15, -0.1) is 0 Å². The molecule has 0 spiro atoms. The van der Waals surface area contributed by atoms with E-state index < -0.39 is 0 Å². The summed E-state index contributed by atoms with van der Waals surface area (Å²) in [4.78, 5) is 0. The van der Waals surface area contributed by atoms with E-state index in [2.05, 4.69) is 20.8 Å². The van der Waals surface area contributed by atoms with Crippen LogP contribution in [0.3, 0.4) is 0 Å². The summed E-state index contributed by atoms with van der Waals surface area (Å²) in [5.74, 6) is 3.11. The lowest BCUT2D eigenvalue weighted by molar-refractivity contribution is 0.375. The largest absolute Gasteiger partial charge is 0.0651 e. The molecule has 0 aromatic heterocycles. The SMILES string of the molecule is CCC(C)CC1CCC(CC)C1. The van der Waals surface area contributed by atoms with Gasteiger partial charge in [-0.1, -0.05) is 46.5 Å². The maximum Gasteiger partial charge on any atom is -0.0409 e. The van der Waals surface area contributed by atoms with Crippen molar-refractivity contribution in [1.82, 2.24) is 0 Å². The van der Waals surface area contributed by atoms with Gasteiger partial charge in [-0.3, -0.25) is 0 Å². The average molecular weight is 168 g/mol. The Labute approximate surface area is 77.7 Å². The monoisotopic (exact) mass is 168 g/mol. The van der Waals surface area contributed by atoms with Crippen LogP contribution in [-0.2, 0) is 0 Å². The molecule has 0 aliphatic heterocycles. The van der Waals surface area contributed by atoms with Crippen molar-refractivity contribution < 1.29 is 0 Å². The van der Waals surface area contributed by atoms with Crippen molar-refractivity contribution >= 4 is 0 Å². The molecule has 0 aromatic rings. The lowest BCUT2D eigenvalue weighted by atomic mass is 9.92. The molecule has 0 bridgehead atoms. The first-order chi connectivity index (χ1) is 5.76. The summed E-state index contributed by atoms with van der Waals surface area (Å²) in [5, 5.41) is 0. The van der Waals surface area contributed by atoms with Gasteiger partial charge >= 0.3 is 0 Å². The van der Waals surface area contributed by atoms with Crippen LogP contribution in [0.25, 0.3) is 0 Å². The summed E-state index contributed by atoms with van der Waals surface area (Å²) < 4.78 is 0. The highest BCUT2D eigenvalue weighted by atomic mass is 14.3. The Bertz CT molecular complexity index is 117. The Balaban J connectivity index is 2.18. The van der Waals surface area contributed by atoms with E-state index in [0.717, 1.165) is 17.8 Å². The van der Waals surface area contributed by atoms with Crippen LogP contribution in [0.1, 0.15) is 59.3 Å². The maximum atomic E-state index is 2.40. The minimum Gasteiger partial charge on any atom is -0.0651 e. The van der Waals surface area contributed by atoms with E-state index in [1.54, 1.807) is 0 Å². The van der Waals surface area contributed by atoms with Crippen LogP contribution >= 0.6 is 0 Å². The Kier molecular flexibility index (Phi) is 4.11. The first kappa shape index (κ1) is 10.1. The third kappa shape index (κ3) is 2.80. The Hall–Kier alpha value is 0. The van der Waals surface area contributed by atoms with Gasteiger partial charge in [-0.05, 0) is 30.6 Å². The molecule has 1 aliphatic carbocycles. The third-order valence-corrected chi connectivity index (χ3v) is 3.66. The first-order valence-corrected chi connectivity index (χ1v) is 5.76. The van der Waals surface area contributed by atoms with Crippen molar-refractivity contribution in [1.29, 1.82) is 0 Å². The van der Waals surface area contributed by atoms with Crippen LogP contribution in [0.15, 0.2) is 0 Å². The van der Waals surface area contributed by atoms with Crippen molar-refractivity contribution in [2.45, 2.75) is 59.3 Å². The molecule has 0 aromatic carbocycles. The maximum absolute atomic E-state index is 2.40. The molecule has 12 heavy (non-hydrogen) atoms. The van der Waals surface area contributed by atoms with E-state index in [4.69, 9.17) is 0 Å². The summed E-state index contributed by atoms with van der Waals surface area (Å²) >= 11 is 0. The van der Waals surface area contributed by atoms with E-state index in [1.807, 2.05) is 0 Å². The zero-order valence-corrected chi connectivity index (χ0v) is 8.97. The molecule has 3 unspecified atom stereocenters. The summed E-state index contributed by atoms with van der Waals surface area (Å²) in [6.07, 6.45) is 8.83. The van der Waals surface area contributed by atoms with Crippen LogP contribution in [0.5, 0.6) is 0 Å². The van der Waals surface area contributed by atoms with Crippen molar-refractivity contribution in [3.8, 4) is 0 Å². The normalized spacial score (nSPS) is 32.2. The number of hydrogen-bond acceptors (Lipinski definition) is 0. The zero-order chi connectivity index (χ0) is 8.97. The highest BCUT2D eigenvalue weighted by molar-refractivity contribution is 4.75. The summed E-state index contributed by atoms with van der Waals surface area (Å²) in [6.45, 7) is 7.06. The molecule has 1 rings (SSSR count). The summed E-state index contributed by atoms with van der Waals surface area (Å²) in [7, 11) is 0. The quantitative estimate of drug-likeness (QED) is 0.588. The lowest BCUT2D eigenvalue weighted by Crippen LogP contribution is -2.02. The summed E-state index contributed by atoms with van der Waals surface area (Å²) in [5.41, 5.74) is 0. The minimum atomic E-state index is 0.964. The van der Waals surface area contributed by atoms with Gasteiger partial charge < -0.3 is 0 Å². The van der Waals surface area contributed by atoms with Crippen LogP contribution in [0.4, 0.5) is 0 Å². The van der Waals surface area contributed by atoms with E-state index in [0.29, 0.717) is 0 Å². The smallest absolute Gasteiger partial charge is 0.0409 e. The predicted molar refractivity (Wildman–Crippen MR) is 55.2 cm³/mol. The second kappa shape index (κ2) is 4.89. The first-order valence-electron chi connectivity index (χ1n) is 5.76. The van der Waals surface area contributed by atoms with Gasteiger partial charge in [0.2, 0.25) is 0 Å². The predicted octanol–water partition coefficient (Wildman–Crippen LogP) is 4.25. The number of rotatable bonds is 4. The van der Waals surface area contributed by atoms with Gasteiger partial charge in [0.1, 0.15) is 0 Å². The molecule has 0 saturated heterocycles. The molecule has 3 atom stereocenters. The van der Waals surface area contributed by atoms with Crippen molar-refractivity contribution in [3.05, 3.63) is 0 Å². The fraction of sp³-hybridized carbons (Fsp3) is 1.00. The molecule has 0 radical (unpaired) electrons.